The molecule has 108 valence electrons. The highest BCUT2D eigenvalue weighted by Crippen LogP contribution is 2.28. The van der Waals surface area contributed by atoms with E-state index in [-0.39, 0.29) is 0 Å². The van der Waals surface area contributed by atoms with Gasteiger partial charge in [0.15, 0.2) is 0 Å². The maximum atomic E-state index is 11.9. The zero-order chi connectivity index (χ0) is 14.6. The molecule has 1 atom stereocenters. The molecule has 7 heteroatoms. The molecule has 3 N–H and O–H groups in total. The van der Waals surface area contributed by atoms with Crippen LogP contribution >= 0.6 is 11.8 Å². The topological polar surface area (TPSA) is 87.7 Å². The molecular weight excluding hydrogens is 280 g/mol. The summed E-state index contributed by atoms with van der Waals surface area (Å²) in [4.78, 5) is 23.3. The van der Waals surface area contributed by atoms with Gasteiger partial charge in [-0.3, -0.25) is 0 Å². The van der Waals surface area contributed by atoms with Crippen molar-refractivity contribution in [1.29, 1.82) is 0 Å². The van der Waals surface area contributed by atoms with Crippen molar-refractivity contribution in [1.82, 2.24) is 5.32 Å². The van der Waals surface area contributed by atoms with Gasteiger partial charge in [-0.2, -0.15) is 11.8 Å². The number of amides is 2. The molecule has 1 aromatic carbocycles. The van der Waals surface area contributed by atoms with Gasteiger partial charge < -0.3 is 20.5 Å². The molecule has 0 aromatic heterocycles. The molecule has 2 rings (SSSR count). The van der Waals surface area contributed by atoms with Crippen LogP contribution in [0.25, 0.3) is 0 Å². The van der Waals surface area contributed by atoms with Gasteiger partial charge >= 0.3 is 12.0 Å². The maximum Gasteiger partial charge on any atom is 0.330 e. The first kappa shape index (κ1) is 14.5. The average Bonchev–Trinajstić information content (AvgIpc) is 2.88. The number of carboxylic acid groups (broad SMARTS) is 1. The lowest BCUT2D eigenvalue weighted by molar-refractivity contribution is -0.143. The Kier molecular flexibility index (Phi) is 4.39. The summed E-state index contributed by atoms with van der Waals surface area (Å²) in [5.74, 6) is 0.732. The minimum absolute atomic E-state index is 0.383. The van der Waals surface area contributed by atoms with Gasteiger partial charge in [0.05, 0.1) is 7.11 Å². The van der Waals surface area contributed by atoms with E-state index in [0.29, 0.717) is 23.6 Å². The summed E-state index contributed by atoms with van der Waals surface area (Å²) in [5.41, 5.74) is -0.624. The molecule has 1 aromatic rings. The zero-order valence-corrected chi connectivity index (χ0v) is 11.8. The second-order valence-corrected chi connectivity index (χ2v) is 5.61. The van der Waals surface area contributed by atoms with Gasteiger partial charge in [-0.1, -0.05) is 6.07 Å². The highest BCUT2D eigenvalue weighted by Gasteiger charge is 2.43. The third kappa shape index (κ3) is 3.16. The van der Waals surface area contributed by atoms with Gasteiger partial charge in [0.1, 0.15) is 11.3 Å². The monoisotopic (exact) mass is 296 g/mol. The number of rotatable bonds is 4. The Morgan fingerprint density at radius 2 is 2.25 bits per heavy atom. The molecule has 0 bridgehead atoms. The number of nitrogens with one attached hydrogen (secondary N) is 2. The van der Waals surface area contributed by atoms with Crippen LogP contribution in [0.15, 0.2) is 24.3 Å². The van der Waals surface area contributed by atoms with Gasteiger partial charge in [-0.25, -0.2) is 9.59 Å². The van der Waals surface area contributed by atoms with Crippen molar-refractivity contribution in [2.24, 2.45) is 0 Å². The van der Waals surface area contributed by atoms with E-state index in [9.17, 15) is 14.7 Å². The maximum absolute atomic E-state index is 11.9. The first-order valence-electron chi connectivity index (χ1n) is 6.10. The van der Waals surface area contributed by atoms with Crippen LogP contribution in [-0.2, 0) is 4.79 Å². The fourth-order valence-electron chi connectivity index (χ4n) is 1.97. The molecule has 1 heterocycles. The van der Waals surface area contributed by atoms with Crippen LogP contribution in [0.5, 0.6) is 5.75 Å². The fourth-order valence-corrected chi connectivity index (χ4v) is 3.29. The average molecular weight is 296 g/mol. The zero-order valence-electron chi connectivity index (χ0n) is 11.0. The van der Waals surface area contributed by atoms with Gasteiger partial charge in [-0.05, 0) is 24.3 Å². The number of hydrogen-bond donors (Lipinski definition) is 3. The Morgan fingerprint density at radius 3 is 2.85 bits per heavy atom. The smallest absolute Gasteiger partial charge is 0.330 e. The van der Waals surface area contributed by atoms with E-state index >= 15 is 0 Å². The van der Waals surface area contributed by atoms with Gasteiger partial charge in [0.25, 0.3) is 0 Å². The number of carboxylic acids is 1. The van der Waals surface area contributed by atoms with E-state index in [4.69, 9.17) is 4.74 Å². The summed E-state index contributed by atoms with van der Waals surface area (Å²) < 4.78 is 5.06. The highest BCUT2D eigenvalue weighted by atomic mass is 32.2. The van der Waals surface area contributed by atoms with Gasteiger partial charge in [0.2, 0.25) is 0 Å². The molecule has 1 aliphatic heterocycles. The van der Waals surface area contributed by atoms with Crippen molar-refractivity contribution in [2.75, 3.05) is 23.9 Å². The minimum atomic E-state index is -1.17. The number of anilines is 1. The van der Waals surface area contributed by atoms with E-state index in [1.165, 1.54) is 18.9 Å². The number of methoxy groups -OCH3 is 1. The number of hydrogen-bond acceptors (Lipinski definition) is 4. The van der Waals surface area contributed by atoms with Crippen LogP contribution in [0.4, 0.5) is 10.5 Å². The van der Waals surface area contributed by atoms with E-state index in [1.54, 1.807) is 24.3 Å². The summed E-state index contributed by atoms with van der Waals surface area (Å²) in [7, 11) is 1.54. The predicted octanol–water partition coefficient (Wildman–Crippen LogP) is 1.78. The number of urea groups is 1. The van der Waals surface area contributed by atoms with Crippen molar-refractivity contribution in [2.45, 2.75) is 12.0 Å². The summed E-state index contributed by atoms with van der Waals surface area (Å²) in [6, 6.07) is 6.35. The molecule has 0 spiro atoms. The number of thioether (sulfide) groups is 1. The molecule has 1 fully saturated rings. The molecular formula is C13H16N2O4S. The second-order valence-electron chi connectivity index (χ2n) is 4.50. The fraction of sp³-hybridized carbons (Fsp3) is 0.385. The first-order chi connectivity index (χ1) is 9.55. The lowest BCUT2D eigenvalue weighted by atomic mass is 10.00. The molecule has 1 unspecified atom stereocenters. The normalized spacial score (nSPS) is 21.2. The van der Waals surface area contributed by atoms with Crippen molar-refractivity contribution < 1.29 is 19.4 Å². The molecule has 0 aliphatic carbocycles. The molecule has 1 aliphatic rings. The van der Waals surface area contributed by atoms with Crippen LogP contribution < -0.4 is 15.4 Å². The predicted molar refractivity (Wildman–Crippen MR) is 77.5 cm³/mol. The Balaban J connectivity index is 2.02. The molecule has 2 amide bonds. The SMILES string of the molecule is COc1cccc(NC(=O)NC2(C(=O)O)CCSC2)c1. The van der Waals surface area contributed by atoms with Crippen molar-refractivity contribution in [3.63, 3.8) is 0 Å². The number of aliphatic carboxylic acids is 1. The number of ether oxygens (including phenoxy) is 1. The Hall–Kier alpha value is -1.89. The van der Waals surface area contributed by atoms with Crippen LogP contribution in [-0.4, -0.2) is 41.3 Å². The van der Waals surface area contributed by atoms with Crippen LogP contribution in [0.3, 0.4) is 0 Å². The third-order valence-corrected chi connectivity index (χ3v) is 4.30. The van der Waals surface area contributed by atoms with Crippen molar-refractivity contribution in [3.05, 3.63) is 24.3 Å². The van der Waals surface area contributed by atoms with E-state index < -0.39 is 17.5 Å². The van der Waals surface area contributed by atoms with Gasteiger partial charge in [0, 0.05) is 17.5 Å². The van der Waals surface area contributed by atoms with Crippen molar-refractivity contribution in [3.8, 4) is 5.75 Å². The van der Waals surface area contributed by atoms with Crippen molar-refractivity contribution >= 4 is 29.4 Å². The largest absolute Gasteiger partial charge is 0.497 e. The van der Waals surface area contributed by atoms with E-state index in [0.717, 1.165) is 5.75 Å². The van der Waals surface area contributed by atoms with Gasteiger partial charge in [-0.15, -0.1) is 0 Å². The van der Waals surface area contributed by atoms with Crippen LogP contribution in [0.2, 0.25) is 0 Å². The minimum Gasteiger partial charge on any atom is -0.497 e. The lowest BCUT2D eigenvalue weighted by Gasteiger charge is -2.24. The Bertz CT molecular complexity index is 515. The summed E-state index contributed by atoms with van der Waals surface area (Å²) in [6.45, 7) is 0. The quantitative estimate of drug-likeness (QED) is 0.788. The molecule has 0 saturated carbocycles. The highest BCUT2D eigenvalue weighted by molar-refractivity contribution is 7.99. The number of benzene rings is 1. The lowest BCUT2D eigenvalue weighted by Crippen LogP contribution is -2.55. The number of carbonyl (C=O) groups excluding carboxylic acids is 1. The Morgan fingerprint density at radius 1 is 1.45 bits per heavy atom. The molecule has 1 saturated heterocycles. The van der Waals surface area contributed by atoms with E-state index in [1.807, 2.05) is 0 Å². The summed E-state index contributed by atoms with van der Waals surface area (Å²) in [5, 5.41) is 14.5. The molecule has 0 radical (unpaired) electrons. The number of carbonyl (C=O) groups is 2. The van der Waals surface area contributed by atoms with Crippen LogP contribution in [0.1, 0.15) is 6.42 Å². The Labute approximate surface area is 120 Å². The standard InChI is InChI=1S/C13H16N2O4S/c1-19-10-4-2-3-9(7-10)14-12(18)15-13(11(16)17)5-6-20-8-13/h2-4,7H,5-6,8H2,1H3,(H,16,17)(H2,14,15,18). The summed E-state index contributed by atoms with van der Waals surface area (Å²) in [6.07, 6.45) is 0.429. The molecule has 20 heavy (non-hydrogen) atoms. The third-order valence-electron chi connectivity index (χ3n) is 3.11. The molecule has 6 nitrogen and oxygen atoms in total. The van der Waals surface area contributed by atoms with Crippen LogP contribution in [0, 0.1) is 0 Å². The first-order valence-corrected chi connectivity index (χ1v) is 7.25. The van der Waals surface area contributed by atoms with E-state index in [2.05, 4.69) is 10.6 Å². The summed E-state index contributed by atoms with van der Waals surface area (Å²) >= 11 is 1.52. The second kappa shape index (κ2) is 6.04.